The highest BCUT2D eigenvalue weighted by atomic mass is 16.3. The van der Waals surface area contributed by atoms with Gasteiger partial charge < -0.3 is 13.6 Å². The smallest absolute Gasteiger partial charge is 0.135 e. The monoisotopic (exact) mass is 650 g/mol. The predicted molar refractivity (Wildman–Crippen MR) is 213 cm³/mol. The molecule has 0 amide bonds. The van der Waals surface area contributed by atoms with Crippen LogP contribution < -0.4 is 0 Å². The molecule has 3 aromatic heterocycles. The molecule has 8 aromatic carbocycles. The lowest BCUT2D eigenvalue weighted by Gasteiger charge is -2.13. The maximum Gasteiger partial charge on any atom is 0.135 e. The lowest BCUT2D eigenvalue weighted by molar-refractivity contribution is 0.669. The topological polar surface area (TPSA) is 23.0 Å². The van der Waals surface area contributed by atoms with Gasteiger partial charge in [-0.05, 0) is 76.9 Å². The van der Waals surface area contributed by atoms with E-state index >= 15 is 0 Å². The lowest BCUT2D eigenvalue weighted by Crippen LogP contribution is -1.98. The van der Waals surface area contributed by atoms with E-state index in [4.69, 9.17) is 4.42 Å². The molecule has 0 spiro atoms. The summed E-state index contributed by atoms with van der Waals surface area (Å²) >= 11 is 0. The summed E-state index contributed by atoms with van der Waals surface area (Å²) in [6.07, 6.45) is 0. The van der Waals surface area contributed by atoms with E-state index in [1.807, 2.05) is 12.1 Å². The molecule has 0 fully saturated rings. The molecule has 0 saturated heterocycles. The Kier molecular flexibility index (Phi) is 5.96. The predicted octanol–water partition coefficient (Wildman–Crippen LogP) is 13.1. The molecule has 3 heteroatoms. The Morgan fingerprint density at radius 3 is 1.37 bits per heavy atom. The van der Waals surface area contributed by atoms with Gasteiger partial charge in [0.05, 0.1) is 22.1 Å². The Bertz CT molecular complexity index is 3100. The van der Waals surface area contributed by atoms with Gasteiger partial charge in [-0.3, -0.25) is 0 Å². The lowest BCUT2D eigenvalue weighted by atomic mass is 9.99. The fraction of sp³-hybridized carbons (Fsp3) is 0. The number of rotatable bonds is 4. The van der Waals surface area contributed by atoms with Gasteiger partial charge >= 0.3 is 0 Å². The summed E-state index contributed by atoms with van der Waals surface area (Å²) in [6.45, 7) is 0. The molecule has 51 heavy (non-hydrogen) atoms. The standard InChI is InChI=1S/C48H30N2O/c1-2-10-35(11-3-1)49-43-15-7-4-12-37(43)40-27-28-41-38-13-5-8-16-44(38)50(48(41)47(40)49)36-25-22-32(23-26-36)31-18-20-33(21-19-31)34-24-29-46-42(30-34)39-14-6-9-17-45(39)51-46/h1-30H. The molecule has 0 N–H and O–H groups in total. The van der Waals surface area contributed by atoms with Gasteiger partial charge in [0.15, 0.2) is 0 Å². The first-order chi connectivity index (χ1) is 25.3. The average molecular weight is 651 g/mol. The molecule has 0 saturated carbocycles. The van der Waals surface area contributed by atoms with Crippen LogP contribution in [0.4, 0.5) is 0 Å². The minimum Gasteiger partial charge on any atom is -0.456 e. The van der Waals surface area contributed by atoms with Gasteiger partial charge in [0.25, 0.3) is 0 Å². The number of benzene rings is 8. The van der Waals surface area contributed by atoms with Crippen molar-refractivity contribution < 1.29 is 4.42 Å². The molecule has 0 bridgehead atoms. The van der Waals surface area contributed by atoms with Crippen molar-refractivity contribution in [3.8, 4) is 33.6 Å². The second kappa shape index (κ2) is 10.8. The van der Waals surface area contributed by atoms with E-state index in [-0.39, 0.29) is 0 Å². The number of fused-ring (bicyclic) bond motifs is 10. The zero-order valence-electron chi connectivity index (χ0n) is 27.6. The summed E-state index contributed by atoms with van der Waals surface area (Å²) in [6, 6.07) is 65.5. The highest BCUT2D eigenvalue weighted by Crippen LogP contribution is 2.42. The molecule has 11 rings (SSSR count). The summed E-state index contributed by atoms with van der Waals surface area (Å²) in [7, 11) is 0. The summed E-state index contributed by atoms with van der Waals surface area (Å²) in [5.41, 5.74) is 13.7. The second-order valence-corrected chi connectivity index (χ2v) is 13.3. The van der Waals surface area contributed by atoms with Gasteiger partial charge in [-0.15, -0.1) is 0 Å². The van der Waals surface area contributed by atoms with Crippen molar-refractivity contribution in [2.75, 3.05) is 0 Å². The summed E-state index contributed by atoms with van der Waals surface area (Å²) in [4.78, 5) is 0. The van der Waals surface area contributed by atoms with E-state index in [1.165, 1.54) is 65.9 Å². The maximum atomic E-state index is 6.06. The third kappa shape index (κ3) is 4.19. The second-order valence-electron chi connectivity index (χ2n) is 13.3. The van der Waals surface area contributed by atoms with E-state index in [9.17, 15) is 0 Å². The number of nitrogens with zero attached hydrogens (tertiary/aromatic N) is 2. The molecule has 238 valence electrons. The maximum absolute atomic E-state index is 6.06. The molecule has 0 aliphatic carbocycles. The van der Waals surface area contributed by atoms with E-state index in [0.29, 0.717) is 0 Å². The van der Waals surface area contributed by atoms with Crippen molar-refractivity contribution in [1.29, 1.82) is 0 Å². The third-order valence-corrected chi connectivity index (χ3v) is 10.5. The SMILES string of the molecule is c1ccc(-n2c3ccccc3c3ccc4c5ccccc5n(-c5ccc(-c6ccc(-c7ccc8oc9ccccc9c8c7)cc6)cc5)c4c32)cc1. The van der Waals surface area contributed by atoms with E-state index in [0.717, 1.165) is 33.3 Å². The molecular formula is C48H30N2O. The van der Waals surface area contributed by atoms with Crippen molar-refractivity contribution in [1.82, 2.24) is 9.13 Å². The molecule has 3 heterocycles. The third-order valence-electron chi connectivity index (χ3n) is 10.5. The molecule has 0 radical (unpaired) electrons. The quantitative estimate of drug-likeness (QED) is 0.186. The molecule has 0 unspecified atom stereocenters. The average Bonchev–Trinajstić information content (AvgIpc) is 3.86. The van der Waals surface area contributed by atoms with Gasteiger partial charge in [-0.25, -0.2) is 0 Å². The first-order valence-corrected chi connectivity index (χ1v) is 17.4. The van der Waals surface area contributed by atoms with Crippen molar-refractivity contribution in [3.05, 3.63) is 182 Å². The van der Waals surface area contributed by atoms with Gasteiger partial charge in [-0.2, -0.15) is 0 Å². The van der Waals surface area contributed by atoms with Crippen LogP contribution in [0.2, 0.25) is 0 Å². The van der Waals surface area contributed by atoms with E-state index < -0.39 is 0 Å². The first-order valence-electron chi connectivity index (χ1n) is 17.4. The first kappa shape index (κ1) is 28.0. The highest BCUT2D eigenvalue weighted by molar-refractivity contribution is 6.23. The Labute approximate surface area is 293 Å². The molecule has 0 aliphatic rings. The van der Waals surface area contributed by atoms with E-state index in [1.54, 1.807) is 0 Å². The van der Waals surface area contributed by atoms with Crippen LogP contribution in [0, 0.1) is 0 Å². The molecule has 0 atom stereocenters. The van der Waals surface area contributed by atoms with Crippen LogP contribution in [-0.2, 0) is 0 Å². The van der Waals surface area contributed by atoms with Crippen molar-refractivity contribution in [2.45, 2.75) is 0 Å². The van der Waals surface area contributed by atoms with Crippen molar-refractivity contribution >= 4 is 65.6 Å². The Morgan fingerprint density at radius 1 is 0.294 bits per heavy atom. The number of hydrogen-bond acceptors (Lipinski definition) is 1. The van der Waals surface area contributed by atoms with Gasteiger partial charge in [0.2, 0.25) is 0 Å². The summed E-state index contributed by atoms with van der Waals surface area (Å²) in [5.74, 6) is 0. The normalized spacial score (nSPS) is 11.9. The molecular weight excluding hydrogens is 621 g/mol. The minimum atomic E-state index is 0.919. The molecule has 3 nitrogen and oxygen atoms in total. The van der Waals surface area contributed by atoms with Crippen molar-refractivity contribution in [2.24, 2.45) is 0 Å². The van der Waals surface area contributed by atoms with Crippen LogP contribution in [0.5, 0.6) is 0 Å². The largest absolute Gasteiger partial charge is 0.456 e. The van der Waals surface area contributed by atoms with Gasteiger partial charge in [-0.1, -0.05) is 127 Å². The Morgan fingerprint density at radius 2 is 0.745 bits per heavy atom. The van der Waals surface area contributed by atoms with Gasteiger partial charge in [0, 0.05) is 43.7 Å². The zero-order valence-corrected chi connectivity index (χ0v) is 27.6. The number of hydrogen-bond donors (Lipinski definition) is 0. The molecule has 0 aliphatic heterocycles. The van der Waals surface area contributed by atoms with E-state index in [2.05, 4.69) is 179 Å². The Hall–Kier alpha value is -6.84. The van der Waals surface area contributed by atoms with Crippen LogP contribution in [0.25, 0.3) is 99.2 Å². The van der Waals surface area contributed by atoms with Crippen LogP contribution in [0.1, 0.15) is 0 Å². The fourth-order valence-corrected chi connectivity index (χ4v) is 8.18. The summed E-state index contributed by atoms with van der Waals surface area (Å²) in [5, 5.41) is 7.31. The number of furan rings is 1. The zero-order chi connectivity index (χ0) is 33.5. The minimum absolute atomic E-state index is 0.919. The fourth-order valence-electron chi connectivity index (χ4n) is 8.18. The van der Waals surface area contributed by atoms with Gasteiger partial charge in [0.1, 0.15) is 11.2 Å². The van der Waals surface area contributed by atoms with Crippen LogP contribution in [0.15, 0.2) is 186 Å². The Balaban J connectivity index is 1.05. The van der Waals surface area contributed by atoms with Crippen LogP contribution in [0.3, 0.4) is 0 Å². The van der Waals surface area contributed by atoms with Crippen molar-refractivity contribution in [3.63, 3.8) is 0 Å². The molecule has 11 aromatic rings. The highest BCUT2D eigenvalue weighted by Gasteiger charge is 2.21. The van der Waals surface area contributed by atoms with Crippen LogP contribution in [-0.4, -0.2) is 9.13 Å². The summed E-state index contributed by atoms with van der Waals surface area (Å²) < 4.78 is 10.9. The van der Waals surface area contributed by atoms with Crippen LogP contribution >= 0.6 is 0 Å². The number of aromatic nitrogens is 2. The number of para-hydroxylation sites is 4.